The van der Waals surface area contributed by atoms with Crippen LogP contribution in [-0.2, 0) is 17.8 Å². The van der Waals surface area contributed by atoms with Crippen molar-refractivity contribution in [2.45, 2.75) is 52.3 Å². The van der Waals surface area contributed by atoms with Crippen LogP contribution in [0.1, 0.15) is 43.3 Å². The molecule has 0 aliphatic carbocycles. The molecular formula is C15H26N2O2. The lowest BCUT2D eigenvalue weighted by Gasteiger charge is -2.32. The SMILES string of the molecule is CCCOC1CCCN(Cc2cc(CN)oc2C)C1. The number of nitrogens with zero attached hydrogens (tertiary/aromatic N) is 1. The molecule has 0 spiro atoms. The monoisotopic (exact) mass is 266 g/mol. The van der Waals surface area contributed by atoms with E-state index < -0.39 is 0 Å². The van der Waals surface area contributed by atoms with E-state index in [-0.39, 0.29) is 0 Å². The molecule has 0 amide bonds. The van der Waals surface area contributed by atoms with Gasteiger partial charge in [0.15, 0.2) is 0 Å². The number of hydrogen-bond acceptors (Lipinski definition) is 4. The van der Waals surface area contributed by atoms with Crippen LogP contribution >= 0.6 is 0 Å². The van der Waals surface area contributed by atoms with Crippen LogP contribution < -0.4 is 5.73 Å². The average molecular weight is 266 g/mol. The second kappa shape index (κ2) is 7.08. The third-order valence-electron chi connectivity index (χ3n) is 3.69. The van der Waals surface area contributed by atoms with Gasteiger partial charge in [0, 0.05) is 25.3 Å². The molecule has 1 unspecified atom stereocenters. The summed E-state index contributed by atoms with van der Waals surface area (Å²) in [6, 6.07) is 2.09. The Kier molecular flexibility index (Phi) is 5.43. The van der Waals surface area contributed by atoms with Gasteiger partial charge in [-0.1, -0.05) is 6.92 Å². The summed E-state index contributed by atoms with van der Waals surface area (Å²) in [6.07, 6.45) is 3.90. The lowest BCUT2D eigenvalue weighted by molar-refractivity contribution is -0.00232. The van der Waals surface area contributed by atoms with Crippen LogP contribution in [0.25, 0.3) is 0 Å². The molecule has 1 aromatic rings. The molecule has 4 nitrogen and oxygen atoms in total. The lowest BCUT2D eigenvalue weighted by atomic mass is 10.1. The molecule has 4 heteroatoms. The first-order valence-electron chi connectivity index (χ1n) is 7.35. The van der Waals surface area contributed by atoms with Gasteiger partial charge < -0.3 is 14.9 Å². The highest BCUT2D eigenvalue weighted by Gasteiger charge is 2.21. The van der Waals surface area contributed by atoms with E-state index in [9.17, 15) is 0 Å². The lowest BCUT2D eigenvalue weighted by Crippen LogP contribution is -2.39. The van der Waals surface area contributed by atoms with Crippen LogP contribution in [0, 0.1) is 6.92 Å². The van der Waals surface area contributed by atoms with Crippen molar-refractivity contribution in [2.75, 3.05) is 19.7 Å². The maximum absolute atomic E-state index is 5.87. The van der Waals surface area contributed by atoms with Gasteiger partial charge in [-0.25, -0.2) is 0 Å². The fourth-order valence-electron chi connectivity index (χ4n) is 2.66. The number of aryl methyl sites for hydroxylation is 1. The van der Waals surface area contributed by atoms with E-state index in [1.807, 2.05) is 6.92 Å². The van der Waals surface area contributed by atoms with E-state index in [0.717, 1.165) is 44.2 Å². The highest BCUT2D eigenvalue weighted by Crippen LogP contribution is 2.20. The number of furan rings is 1. The standard InChI is InChI=1S/C15H26N2O2/c1-3-7-18-14-5-4-6-17(11-14)10-13-8-15(9-16)19-12(13)2/h8,14H,3-7,9-11,16H2,1-2H3. The van der Waals surface area contributed by atoms with Crippen LogP contribution in [0.3, 0.4) is 0 Å². The van der Waals surface area contributed by atoms with E-state index in [0.29, 0.717) is 12.6 Å². The van der Waals surface area contributed by atoms with E-state index in [1.165, 1.54) is 18.4 Å². The van der Waals surface area contributed by atoms with Crippen LogP contribution in [0.5, 0.6) is 0 Å². The first-order valence-corrected chi connectivity index (χ1v) is 7.35. The summed E-state index contributed by atoms with van der Waals surface area (Å²) < 4.78 is 11.5. The summed E-state index contributed by atoms with van der Waals surface area (Å²) in [7, 11) is 0. The Hall–Kier alpha value is -0.840. The van der Waals surface area contributed by atoms with Gasteiger partial charge in [-0.3, -0.25) is 4.90 Å². The molecule has 19 heavy (non-hydrogen) atoms. The van der Waals surface area contributed by atoms with Crippen molar-refractivity contribution in [3.63, 3.8) is 0 Å². The molecule has 0 saturated carbocycles. The Morgan fingerprint density at radius 3 is 3.05 bits per heavy atom. The van der Waals surface area contributed by atoms with Gasteiger partial charge in [-0.2, -0.15) is 0 Å². The quantitative estimate of drug-likeness (QED) is 0.859. The van der Waals surface area contributed by atoms with Crippen molar-refractivity contribution < 1.29 is 9.15 Å². The smallest absolute Gasteiger partial charge is 0.118 e. The van der Waals surface area contributed by atoms with Gasteiger partial charge in [0.25, 0.3) is 0 Å². The zero-order chi connectivity index (χ0) is 13.7. The zero-order valence-corrected chi connectivity index (χ0v) is 12.2. The largest absolute Gasteiger partial charge is 0.465 e. The van der Waals surface area contributed by atoms with Crippen LogP contribution in [0.2, 0.25) is 0 Å². The molecule has 108 valence electrons. The van der Waals surface area contributed by atoms with Crippen molar-refractivity contribution in [2.24, 2.45) is 5.73 Å². The predicted octanol–water partition coefficient (Wildman–Crippen LogP) is 2.44. The summed E-state index contributed by atoms with van der Waals surface area (Å²) in [5.41, 5.74) is 6.88. The van der Waals surface area contributed by atoms with Crippen LogP contribution in [0.15, 0.2) is 10.5 Å². The number of rotatable bonds is 6. The highest BCUT2D eigenvalue weighted by molar-refractivity contribution is 5.20. The summed E-state index contributed by atoms with van der Waals surface area (Å²) in [5, 5.41) is 0. The minimum Gasteiger partial charge on any atom is -0.465 e. The molecule has 1 saturated heterocycles. The first kappa shape index (κ1) is 14.6. The van der Waals surface area contributed by atoms with Crippen molar-refractivity contribution in [3.05, 3.63) is 23.2 Å². The molecule has 1 fully saturated rings. The van der Waals surface area contributed by atoms with Gasteiger partial charge in [0.05, 0.1) is 12.6 Å². The molecule has 2 heterocycles. The second-order valence-electron chi connectivity index (χ2n) is 5.37. The van der Waals surface area contributed by atoms with Gasteiger partial charge in [0.1, 0.15) is 11.5 Å². The van der Waals surface area contributed by atoms with Crippen molar-refractivity contribution in [1.82, 2.24) is 4.90 Å². The normalized spacial score (nSPS) is 20.9. The molecule has 0 bridgehead atoms. The van der Waals surface area contributed by atoms with Gasteiger partial charge >= 0.3 is 0 Å². The predicted molar refractivity (Wildman–Crippen MR) is 75.9 cm³/mol. The second-order valence-corrected chi connectivity index (χ2v) is 5.37. The molecule has 1 atom stereocenters. The van der Waals surface area contributed by atoms with Gasteiger partial charge in [-0.15, -0.1) is 0 Å². The minimum absolute atomic E-state index is 0.398. The van der Waals surface area contributed by atoms with Gasteiger partial charge in [-0.05, 0) is 38.8 Å². The number of likely N-dealkylation sites (tertiary alicyclic amines) is 1. The topological polar surface area (TPSA) is 51.6 Å². The molecule has 2 N–H and O–H groups in total. The molecule has 0 radical (unpaired) electrons. The maximum Gasteiger partial charge on any atom is 0.118 e. The molecule has 1 aliphatic heterocycles. The van der Waals surface area contributed by atoms with E-state index in [2.05, 4.69) is 17.9 Å². The molecule has 1 aromatic heterocycles. The minimum atomic E-state index is 0.398. The molecular weight excluding hydrogens is 240 g/mol. The maximum atomic E-state index is 5.87. The number of nitrogens with two attached hydrogens (primary N) is 1. The Morgan fingerprint density at radius 2 is 2.37 bits per heavy atom. The third kappa shape index (κ3) is 4.06. The van der Waals surface area contributed by atoms with Crippen LogP contribution in [0.4, 0.5) is 0 Å². The average Bonchev–Trinajstić information content (AvgIpc) is 2.77. The first-order chi connectivity index (χ1) is 9.22. The Morgan fingerprint density at radius 1 is 1.53 bits per heavy atom. The fourth-order valence-corrected chi connectivity index (χ4v) is 2.66. The van der Waals surface area contributed by atoms with E-state index >= 15 is 0 Å². The number of ether oxygens (including phenoxy) is 1. The highest BCUT2D eigenvalue weighted by atomic mass is 16.5. The van der Waals surface area contributed by atoms with E-state index in [4.69, 9.17) is 14.9 Å². The number of hydrogen-bond donors (Lipinski definition) is 1. The summed E-state index contributed by atoms with van der Waals surface area (Å²) in [4.78, 5) is 2.46. The van der Waals surface area contributed by atoms with Crippen molar-refractivity contribution >= 4 is 0 Å². The zero-order valence-electron chi connectivity index (χ0n) is 12.2. The van der Waals surface area contributed by atoms with Gasteiger partial charge in [0.2, 0.25) is 0 Å². The Balaban J connectivity index is 1.89. The van der Waals surface area contributed by atoms with E-state index in [1.54, 1.807) is 0 Å². The summed E-state index contributed by atoms with van der Waals surface area (Å²) in [5.74, 6) is 1.88. The van der Waals surface area contributed by atoms with Crippen molar-refractivity contribution in [1.29, 1.82) is 0 Å². The Bertz CT molecular complexity index is 389. The summed E-state index contributed by atoms with van der Waals surface area (Å²) in [6.45, 7) is 8.65. The third-order valence-corrected chi connectivity index (χ3v) is 3.69. The number of piperidine rings is 1. The fraction of sp³-hybridized carbons (Fsp3) is 0.733. The molecule has 2 rings (SSSR count). The Labute approximate surface area is 115 Å². The van der Waals surface area contributed by atoms with Crippen molar-refractivity contribution in [3.8, 4) is 0 Å². The summed E-state index contributed by atoms with van der Waals surface area (Å²) >= 11 is 0. The molecule has 0 aromatic carbocycles. The van der Waals surface area contributed by atoms with Crippen LogP contribution in [-0.4, -0.2) is 30.7 Å². The molecule has 1 aliphatic rings.